The molecule has 0 radical (unpaired) electrons. The van der Waals surface area contributed by atoms with Crippen LogP contribution in [-0.2, 0) is 0 Å². The lowest BCUT2D eigenvalue weighted by molar-refractivity contribution is 0.416. The number of hydrogen-bond acceptors (Lipinski definition) is 6. The van der Waals surface area contributed by atoms with Crippen LogP contribution in [0.5, 0.6) is 5.75 Å². The van der Waals surface area contributed by atoms with Gasteiger partial charge in [0.15, 0.2) is 11.6 Å². The molecule has 6 nitrogen and oxygen atoms in total. The molecule has 0 unspecified atom stereocenters. The molecule has 3 rings (SSSR count). The zero-order valence-electron chi connectivity index (χ0n) is 15.4. The molecule has 3 aromatic rings. The van der Waals surface area contributed by atoms with Gasteiger partial charge in [0.2, 0.25) is 0 Å². The Morgan fingerprint density at radius 2 is 1.62 bits per heavy atom. The number of nitrogens with two attached hydrogens (primary N) is 1. The summed E-state index contributed by atoms with van der Waals surface area (Å²) in [7, 11) is 1.63. The molecule has 0 bridgehead atoms. The van der Waals surface area contributed by atoms with Crippen LogP contribution in [0.15, 0.2) is 42.7 Å². The lowest BCUT2D eigenvalue weighted by Gasteiger charge is -2.16. The summed E-state index contributed by atoms with van der Waals surface area (Å²) in [5.74, 6) is 1.80. The van der Waals surface area contributed by atoms with Gasteiger partial charge >= 0.3 is 0 Å². The maximum Gasteiger partial charge on any atom is 0.159 e. The fourth-order valence-electron chi connectivity index (χ4n) is 2.66. The molecule has 0 aliphatic rings. The van der Waals surface area contributed by atoms with Crippen molar-refractivity contribution in [1.29, 1.82) is 0 Å². The smallest absolute Gasteiger partial charge is 0.159 e. The first-order valence-corrected chi connectivity index (χ1v) is 8.35. The largest absolute Gasteiger partial charge is 0.495 e. The highest BCUT2D eigenvalue weighted by Crippen LogP contribution is 2.33. The van der Waals surface area contributed by atoms with Crippen LogP contribution in [0.3, 0.4) is 0 Å². The Balaban J connectivity index is 1.93. The number of methoxy groups -OCH3 is 1. The minimum absolute atomic E-state index is 0.442. The van der Waals surface area contributed by atoms with E-state index < -0.39 is 0 Å². The van der Waals surface area contributed by atoms with Crippen molar-refractivity contribution in [2.24, 2.45) is 0 Å². The molecule has 0 aliphatic heterocycles. The zero-order valence-corrected chi connectivity index (χ0v) is 15.4. The molecule has 0 amide bonds. The van der Waals surface area contributed by atoms with E-state index in [-0.39, 0.29) is 0 Å². The first kappa shape index (κ1) is 17.5. The number of aryl methyl sites for hydroxylation is 2. The van der Waals surface area contributed by atoms with E-state index in [0.717, 1.165) is 28.3 Å². The fourth-order valence-corrected chi connectivity index (χ4v) is 2.66. The lowest BCUT2D eigenvalue weighted by Crippen LogP contribution is -2.06. The van der Waals surface area contributed by atoms with E-state index in [1.807, 2.05) is 37.3 Å². The summed E-state index contributed by atoms with van der Waals surface area (Å²) in [4.78, 5) is 8.57. The van der Waals surface area contributed by atoms with E-state index in [1.54, 1.807) is 7.11 Å². The number of anilines is 5. The van der Waals surface area contributed by atoms with Gasteiger partial charge in [-0.05, 0) is 55.7 Å². The quantitative estimate of drug-likeness (QED) is 0.630. The zero-order chi connectivity index (χ0) is 18.7. The molecule has 4 N–H and O–H groups in total. The van der Waals surface area contributed by atoms with Crippen molar-refractivity contribution in [2.75, 3.05) is 23.5 Å². The second-order valence-electron chi connectivity index (χ2n) is 6.19. The molecule has 0 aliphatic carbocycles. The summed E-state index contributed by atoms with van der Waals surface area (Å²) in [6, 6.07) is 11.9. The SMILES string of the molecule is COc1ccc(C)cc1Nc1ncnc(Nc2cccc(C)c2C)c1N. The molecule has 0 spiro atoms. The van der Waals surface area contributed by atoms with E-state index >= 15 is 0 Å². The molecule has 0 saturated heterocycles. The van der Waals surface area contributed by atoms with Crippen molar-refractivity contribution < 1.29 is 4.74 Å². The second kappa shape index (κ2) is 7.31. The summed E-state index contributed by atoms with van der Waals surface area (Å²) < 4.78 is 5.40. The molecule has 1 heterocycles. The Hall–Kier alpha value is -3.28. The van der Waals surface area contributed by atoms with Gasteiger partial charge in [0.05, 0.1) is 12.8 Å². The molecular weight excluding hydrogens is 326 g/mol. The van der Waals surface area contributed by atoms with Crippen LogP contribution >= 0.6 is 0 Å². The predicted molar refractivity (Wildman–Crippen MR) is 107 cm³/mol. The summed E-state index contributed by atoms with van der Waals surface area (Å²) in [6.07, 6.45) is 1.48. The Morgan fingerprint density at radius 1 is 0.923 bits per heavy atom. The van der Waals surface area contributed by atoms with Gasteiger partial charge in [-0.3, -0.25) is 0 Å². The molecule has 0 fully saturated rings. The monoisotopic (exact) mass is 349 g/mol. The van der Waals surface area contributed by atoms with Gasteiger partial charge in [-0.2, -0.15) is 0 Å². The van der Waals surface area contributed by atoms with E-state index in [1.165, 1.54) is 11.9 Å². The Labute approximate surface area is 153 Å². The van der Waals surface area contributed by atoms with Crippen molar-refractivity contribution in [1.82, 2.24) is 9.97 Å². The van der Waals surface area contributed by atoms with Crippen LogP contribution in [-0.4, -0.2) is 17.1 Å². The van der Waals surface area contributed by atoms with Crippen LogP contribution in [0, 0.1) is 20.8 Å². The highest BCUT2D eigenvalue weighted by Gasteiger charge is 2.12. The minimum Gasteiger partial charge on any atom is -0.495 e. The molecule has 134 valence electrons. The topological polar surface area (TPSA) is 85.1 Å². The van der Waals surface area contributed by atoms with E-state index in [2.05, 4.69) is 40.5 Å². The number of nitrogens with one attached hydrogen (secondary N) is 2. The maximum atomic E-state index is 6.31. The second-order valence-corrected chi connectivity index (χ2v) is 6.19. The molecule has 1 aromatic heterocycles. The standard InChI is InChI=1S/C20H23N5O/c1-12-8-9-17(26-4)16(10-12)25-20-18(21)19(22-11-23-20)24-15-7-5-6-13(2)14(15)3/h5-11H,21H2,1-4H3,(H2,22,23,24,25). The third-order valence-electron chi connectivity index (χ3n) is 4.35. The molecule has 0 saturated carbocycles. The van der Waals surface area contributed by atoms with Crippen LogP contribution in [0.4, 0.5) is 28.7 Å². The number of aromatic nitrogens is 2. The van der Waals surface area contributed by atoms with Crippen molar-refractivity contribution >= 4 is 28.7 Å². The number of rotatable bonds is 5. The molecule has 6 heteroatoms. The predicted octanol–water partition coefficient (Wildman–Crippen LogP) is 4.48. The molecule has 0 atom stereocenters. The van der Waals surface area contributed by atoms with Crippen molar-refractivity contribution in [3.05, 3.63) is 59.4 Å². The number of hydrogen-bond donors (Lipinski definition) is 3. The molecule has 26 heavy (non-hydrogen) atoms. The van der Waals surface area contributed by atoms with E-state index in [9.17, 15) is 0 Å². The highest BCUT2D eigenvalue weighted by molar-refractivity contribution is 5.82. The lowest BCUT2D eigenvalue weighted by atomic mass is 10.1. The van der Waals surface area contributed by atoms with Gasteiger partial charge in [-0.15, -0.1) is 0 Å². The van der Waals surface area contributed by atoms with Crippen LogP contribution in [0.25, 0.3) is 0 Å². The molecular formula is C20H23N5O. The van der Waals surface area contributed by atoms with Gasteiger partial charge in [0.1, 0.15) is 17.8 Å². The minimum atomic E-state index is 0.442. The number of benzene rings is 2. The van der Waals surface area contributed by atoms with Crippen molar-refractivity contribution in [2.45, 2.75) is 20.8 Å². The third kappa shape index (κ3) is 3.54. The third-order valence-corrected chi connectivity index (χ3v) is 4.35. The summed E-state index contributed by atoms with van der Waals surface area (Å²) in [6.45, 7) is 6.15. The Kier molecular flexibility index (Phi) is 4.93. The van der Waals surface area contributed by atoms with E-state index in [0.29, 0.717) is 17.3 Å². The highest BCUT2D eigenvalue weighted by atomic mass is 16.5. The van der Waals surface area contributed by atoms with Gasteiger partial charge < -0.3 is 21.1 Å². The number of nitrogen functional groups attached to an aromatic ring is 1. The van der Waals surface area contributed by atoms with Crippen molar-refractivity contribution in [3.8, 4) is 5.75 Å². The number of nitrogens with zero attached hydrogens (tertiary/aromatic N) is 2. The van der Waals surface area contributed by atoms with Gasteiger partial charge in [0.25, 0.3) is 0 Å². The van der Waals surface area contributed by atoms with Gasteiger partial charge in [-0.25, -0.2) is 9.97 Å². The van der Waals surface area contributed by atoms with Crippen LogP contribution < -0.4 is 21.1 Å². The average molecular weight is 349 g/mol. The first-order chi connectivity index (χ1) is 12.5. The van der Waals surface area contributed by atoms with Crippen molar-refractivity contribution in [3.63, 3.8) is 0 Å². The van der Waals surface area contributed by atoms with Crippen LogP contribution in [0.1, 0.15) is 16.7 Å². The summed E-state index contributed by atoms with van der Waals surface area (Å²) in [5.41, 5.74) is 12.0. The average Bonchev–Trinajstić information content (AvgIpc) is 2.62. The van der Waals surface area contributed by atoms with Crippen LogP contribution in [0.2, 0.25) is 0 Å². The molecule has 2 aromatic carbocycles. The summed E-state index contributed by atoms with van der Waals surface area (Å²) >= 11 is 0. The summed E-state index contributed by atoms with van der Waals surface area (Å²) in [5, 5.41) is 6.54. The Bertz CT molecular complexity index is 939. The first-order valence-electron chi connectivity index (χ1n) is 8.35. The number of ether oxygens (including phenoxy) is 1. The van der Waals surface area contributed by atoms with Gasteiger partial charge in [-0.1, -0.05) is 18.2 Å². The maximum absolute atomic E-state index is 6.31. The fraction of sp³-hybridized carbons (Fsp3) is 0.200. The Morgan fingerprint density at radius 3 is 2.31 bits per heavy atom. The van der Waals surface area contributed by atoms with Gasteiger partial charge in [0, 0.05) is 5.69 Å². The normalized spacial score (nSPS) is 10.5. The van der Waals surface area contributed by atoms with E-state index in [4.69, 9.17) is 10.5 Å².